The van der Waals surface area contributed by atoms with Gasteiger partial charge in [-0.15, -0.1) is 0 Å². The van der Waals surface area contributed by atoms with Crippen LogP contribution in [0.15, 0.2) is 24.4 Å². The van der Waals surface area contributed by atoms with E-state index < -0.39 is 17.9 Å². The van der Waals surface area contributed by atoms with Gasteiger partial charge in [-0.1, -0.05) is 6.07 Å². The number of nitrogens with zero attached hydrogens (tertiary/aromatic N) is 2. The van der Waals surface area contributed by atoms with E-state index in [-0.39, 0.29) is 5.69 Å². The van der Waals surface area contributed by atoms with E-state index >= 15 is 0 Å². The molecule has 0 radical (unpaired) electrons. The molecule has 0 spiro atoms. The Morgan fingerprint density at radius 1 is 1.44 bits per heavy atom. The van der Waals surface area contributed by atoms with Crippen LogP contribution in [0.1, 0.15) is 29.2 Å². The molecule has 0 saturated carbocycles. The Hall–Kier alpha value is -2.37. The predicted molar refractivity (Wildman–Crippen MR) is 62.6 cm³/mol. The van der Waals surface area contributed by atoms with E-state index in [2.05, 4.69) is 9.72 Å². The highest BCUT2D eigenvalue weighted by atomic mass is 16.5. The summed E-state index contributed by atoms with van der Waals surface area (Å²) in [4.78, 5) is 26.7. The van der Waals surface area contributed by atoms with E-state index in [9.17, 15) is 9.59 Å². The minimum atomic E-state index is -0.998. The molecular weight excluding hydrogens is 236 g/mol. The molecule has 6 nitrogen and oxygen atoms in total. The molecule has 2 aromatic rings. The SMILES string of the molecule is COC(=O)c1nc(C(C)C(=O)O)n2ccccc12. The number of fused-ring (bicyclic) bond motifs is 1. The van der Waals surface area contributed by atoms with Crippen molar-refractivity contribution in [2.75, 3.05) is 7.11 Å². The lowest BCUT2D eigenvalue weighted by Gasteiger charge is -2.04. The van der Waals surface area contributed by atoms with Crippen molar-refractivity contribution in [1.82, 2.24) is 9.38 Å². The van der Waals surface area contributed by atoms with Crippen LogP contribution in [0.3, 0.4) is 0 Å². The number of imidazole rings is 1. The summed E-state index contributed by atoms with van der Waals surface area (Å²) in [6, 6.07) is 5.18. The molecule has 0 amide bonds. The van der Waals surface area contributed by atoms with Crippen LogP contribution in [0, 0.1) is 0 Å². The van der Waals surface area contributed by atoms with E-state index in [0.29, 0.717) is 11.3 Å². The zero-order valence-electron chi connectivity index (χ0n) is 9.95. The largest absolute Gasteiger partial charge is 0.481 e. The zero-order chi connectivity index (χ0) is 13.3. The van der Waals surface area contributed by atoms with Gasteiger partial charge in [0.2, 0.25) is 0 Å². The van der Waals surface area contributed by atoms with E-state index in [4.69, 9.17) is 5.11 Å². The van der Waals surface area contributed by atoms with Crippen molar-refractivity contribution in [3.05, 3.63) is 35.9 Å². The van der Waals surface area contributed by atoms with Crippen LogP contribution in [-0.2, 0) is 9.53 Å². The number of hydrogen-bond acceptors (Lipinski definition) is 4. The molecule has 0 saturated heterocycles. The number of esters is 1. The van der Waals surface area contributed by atoms with Crippen molar-refractivity contribution in [3.8, 4) is 0 Å². The van der Waals surface area contributed by atoms with Gasteiger partial charge >= 0.3 is 11.9 Å². The van der Waals surface area contributed by atoms with Gasteiger partial charge < -0.3 is 14.2 Å². The van der Waals surface area contributed by atoms with Gasteiger partial charge in [0.05, 0.1) is 12.6 Å². The number of carbonyl (C=O) groups is 2. The molecule has 0 aliphatic rings. The molecule has 0 fully saturated rings. The number of pyridine rings is 1. The molecule has 1 N–H and O–H groups in total. The topological polar surface area (TPSA) is 80.9 Å². The molecule has 94 valence electrons. The highest BCUT2D eigenvalue weighted by Crippen LogP contribution is 2.20. The van der Waals surface area contributed by atoms with Crippen molar-refractivity contribution in [2.45, 2.75) is 12.8 Å². The molecule has 0 aliphatic heterocycles. The Bertz CT molecular complexity index is 618. The summed E-state index contributed by atoms with van der Waals surface area (Å²) in [5.41, 5.74) is 0.661. The monoisotopic (exact) mass is 248 g/mol. The average molecular weight is 248 g/mol. The van der Waals surface area contributed by atoms with E-state index in [1.165, 1.54) is 14.0 Å². The molecule has 0 aliphatic carbocycles. The second-order valence-corrected chi connectivity index (χ2v) is 3.83. The number of rotatable bonds is 3. The van der Waals surface area contributed by atoms with Gasteiger partial charge in [0.1, 0.15) is 11.7 Å². The molecule has 1 unspecified atom stereocenters. The first kappa shape index (κ1) is 12.1. The fourth-order valence-corrected chi connectivity index (χ4v) is 1.72. The third kappa shape index (κ3) is 1.81. The van der Waals surface area contributed by atoms with Crippen molar-refractivity contribution in [2.24, 2.45) is 0 Å². The van der Waals surface area contributed by atoms with E-state index in [1.807, 2.05) is 0 Å². The van der Waals surface area contributed by atoms with Crippen LogP contribution in [-0.4, -0.2) is 33.5 Å². The molecule has 2 rings (SSSR count). The molecule has 1 atom stereocenters. The van der Waals surface area contributed by atoms with E-state index in [1.54, 1.807) is 28.8 Å². The van der Waals surface area contributed by atoms with Crippen LogP contribution in [0.25, 0.3) is 5.52 Å². The Labute approximate surface area is 103 Å². The lowest BCUT2D eigenvalue weighted by Crippen LogP contribution is -2.11. The van der Waals surface area contributed by atoms with E-state index in [0.717, 1.165) is 0 Å². The van der Waals surface area contributed by atoms with Crippen LogP contribution >= 0.6 is 0 Å². The lowest BCUT2D eigenvalue weighted by molar-refractivity contribution is -0.138. The predicted octanol–water partition coefficient (Wildman–Crippen LogP) is 1.31. The normalized spacial score (nSPS) is 12.3. The fraction of sp³-hybridized carbons (Fsp3) is 0.250. The van der Waals surface area contributed by atoms with Crippen molar-refractivity contribution >= 4 is 17.5 Å². The highest BCUT2D eigenvalue weighted by Gasteiger charge is 2.24. The number of carboxylic acids is 1. The average Bonchev–Trinajstić information content (AvgIpc) is 2.76. The van der Waals surface area contributed by atoms with Crippen LogP contribution in [0.2, 0.25) is 0 Å². The van der Waals surface area contributed by atoms with Crippen molar-refractivity contribution in [1.29, 1.82) is 0 Å². The minimum Gasteiger partial charge on any atom is -0.481 e. The summed E-state index contributed by atoms with van der Waals surface area (Å²) in [6.07, 6.45) is 1.67. The molecule has 6 heteroatoms. The quantitative estimate of drug-likeness (QED) is 0.828. The Balaban J connectivity index is 2.68. The Kier molecular flexibility index (Phi) is 3.01. The standard InChI is InChI=1S/C12H12N2O4/c1-7(11(15)16)10-13-9(12(17)18-2)8-5-3-4-6-14(8)10/h3-7H,1-2H3,(H,15,16). The van der Waals surface area contributed by atoms with Gasteiger partial charge in [0, 0.05) is 6.20 Å². The first-order chi connectivity index (χ1) is 8.56. The maximum absolute atomic E-state index is 11.6. The van der Waals surface area contributed by atoms with Crippen molar-refractivity contribution < 1.29 is 19.4 Å². The number of methoxy groups -OCH3 is 1. The number of carboxylic acid groups (broad SMARTS) is 1. The number of ether oxygens (including phenoxy) is 1. The number of aliphatic carboxylic acids is 1. The fourth-order valence-electron chi connectivity index (χ4n) is 1.72. The first-order valence-corrected chi connectivity index (χ1v) is 5.34. The summed E-state index contributed by atoms with van der Waals surface area (Å²) in [5.74, 6) is -2.08. The van der Waals surface area contributed by atoms with Gasteiger partial charge in [0.15, 0.2) is 5.69 Å². The number of carbonyl (C=O) groups excluding carboxylic acids is 1. The zero-order valence-corrected chi connectivity index (χ0v) is 9.95. The molecule has 2 heterocycles. The van der Waals surface area contributed by atoms with Crippen molar-refractivity contribution in [3.63, 3.8) is 0 Å². The third-order valence-corrected chi connectivity index (χ3v) is 2.71. The molecule has 2 aromatic heterocycles. The van der Waals surface area contributed by atoms with Gasteiger partial charge in [-0.3, -0.25) is 4.79 Å². The molecule has 0 aromatic carbocycles. The summed E-state index contributed by atoms with van der Waals surface area (Å²) in [7, 11) is 1.26. The lowest BCUT2D eigenvalue weighted by atomic mass is 10.2. The summed E-state index contributed by atoms with van der Waals surface area (Å²) < 4.78 is 6.22. The summed E-state index contributed by atoms with van der Waals surface area (Å²) in [5, 5.41) is 9.03. The van der Waals surface area contributed by atoms with Gasteiger partial charge in [-0.2, -0.15) is 0 Å². The first-order valence-electron chi connectivity index (χ1n) is 5.34. The second kappa shape index (κ2) is 4.48. The molecule has 18 heavy (non-hydrogen) atoms. The second-order valence-electron chi connectivity index (χ2n) is 3.83. The van der Waals surface area contributed by atoms with Gasteiger partial charge in [-0.05, 0) is 19.1 Å². The highest BCUT2D eigenvalue weighted by molar-refractivity contribution is 5.95. The number of aromatic nitrogens is 2. The summed E-state index contributed by atoms with van der Waals surface area (Å²) in [6.45, 7) is 1.52. The maximum Gasteiger partial charge on any atom is 0.358 e. The van der Waals surface area contributed by atoms with Crippen LogP contribution in [0.5, 0.6) is 0 Å². The van der Waals surface area contributed by atoms with Crippen LogP contribution in [0.4, 0.5) is 0 Å². The Morgan fingerprint density at radius 3 is 2.78 bits per heavy atom. The third-order valence-electron chi connectivity index (χ3n) is 2.71. The smallest absolute Gasteiger partial charge is 0.358 e. The Morgan fingerprint density at radius 2 is 2.17 bits per heavy atom. The van der Waals surface area contributed by atoms with Gasteiger partial charge in [0.25, 0.3) is 0 Å². The van der Waals surface area contributed by atoms with Gasteiger partial charge in [-0.25, -0.2) is 9.78 Å². The number of hydrogen-bond donors (Lipinski definition) is 1. The maximum atomic E-state index is 11.6. The van der Waals surface area contributed by atoms with Crippen LogP contribution < -0.4 is 0 Å². The molecule has 0 bridgehead atoms. The molecular formula is C12H12N2O4. The minimum absolute atomic E-state index is 0.126. The summed E-state index contributed by atoms with van der Waals surface area (Å²) >= 11 is 0.